The maximum atomic E-state index is 12.3. The third-order valence-electron chi connectivity index (χ3n) is 6.11. The van der Waals surface area contributed by atoms with Crippen molar-refractivity contribution < 1.29 is 24.2 Å². The van der Waals surface area contributed by atoms with Gasteiger partial charge in [0, 0.05) is 31.0 Å². The van der Waals surface area contributed by atoms with Gasteiger partial charge in [0.15, 0.2) is 0 Å². The number of rotatable bonds is 4. The summed E-state index contributed by atoms with van der Waals surface area (Å²) in [7, 11) is 0. The highest BCUT2D eigenvalue weighted by atomic mass is 32.2. The van der Waals surface area contributed by atoms with Crippen molar-refractivity contribution in [1.29, 1.82) is 0 Å². The Hall–Kier alpha value is -0.950. The summed E-state index contributed by atoms with van der Waals surface area (Å²) >= 11 is 1.83. The predicted octanol–water partition coefficient (Wildman–Crippen LogP) is 2.19. The fraction of sp³-hybridized carbons (Fsp3) is 0.889. The van der Waals surface area contributed by atoms with Crippen LogP contribution in [0.5, 0.6) is 0 Å². The molecule has 5 aliphatic rings. The number of nitrogens with zero attached hydrogens (tertiary/aromatic N) is 1. The molecule has 5 fully saturated rings. The molecule has 4 aliphatic carbocycles. The quantitative estimate of drug-likeness (QED) is 0.766. The molecule has 140 valence electrons. The van der Waals surface area contributed by atoms with Crippen LogP contribution in [-0.4, -0.2) is 64.5 Å². The molecule has 2 unspecified atom stereocenters. The van der Waals surface area contributed by atoms with Gasteiger partial charge in [0.25, 0.3) is 0 Å². The second-order valence-electron chi connectivity index (χ2n) is 8.31. The van der Waals surface area contributed by atoms with Crippen molar-refractivity contribution in [2.75, 3.05) is 31.2 Å². The minimum atomic E-state index is -0.636. The molecule has 4 bridgehead atoms. The molecule has 0 spiro atoms. The molecule has 7 heteroatoms. The van der Waals surface area contributed by atoms with Gasteiger partial charge in [0.1, 0.15) is 12.2 Å². The first-order valence-corrected chi connectivity index (χ1v) is 10.5. The van der Waals surface area contributed by atoms with Crippen LogP contribution in [0.15, 0.2) is 0 Å². The molecule has 1 heterocycles. The third-order valence-corrected chi connectivity index (χ3v) is 7.05. The normalized spacial score (nSPS) is 39.3. The van der Waals surface area contributed by atoms with Gasteiger partial charge in [-0.1, -0.05) is 0 Å². The zero-order valence-electron chi connectivity index (χ0n) is 14.6. The minimum Gasteiger partial charge on any atom is -0.459 e. The van der Waals surface area contributed by atoms with Crippen LogP contribution < -0.4 is 0 Å². The van der Waals surface area contributed by atoms with Crippen LogP contribution in [-0.2, 0) is 14.3 Å². The van der Waals surface area contributed by atoms with Crippen LogP contribution in [0.1, 0.15) is 44.9 Å². The maximum absolute atomic E-state index is 12.3. The van der Waals surface area contributed by atoms with E-state index in [-0.39, 0.29) is 25.1 Å². The molecule has 1 aliphatic heterocycles. The van der Waals surface area contributed by atoms with Crippen LogP contribution in [0.2, 0.25) is 0 Å². The molecule has 0 aromatic rings. The summed E-state index contributed by atoms with van der Waals surface area (Å²) < 4.78 is 11.1. The molecule has 2 atom stereocenters. The molecule has 1 N–H and O–H groups in total. The number of hydrogen-bond acceptors (Lipinski definition) is 6. The highest BCUT2D eigenvalue weighted by Crippen LogP contribution is 2.58. The maximum Gasteiger partial charge on any atom is 0.409 e. The molecule has 5 rings (SSSR count). The van der Waals surface area contributed by atoms with Crippen LogP contribution in [0, 0.1) is 11.8 Å². The van der Waals surface area contributed by atoms with Crippen molar-refractivity contribution in [3.8, 4) is 0 Å². The van der Waals surface area contributed by atoms with E-state index in [1.807, 2.05) is 11.8 Å². The number of carbonyl (C=O) groups excluding carboxylic acids is 2. The van der Waals surface area contributed by atoms with Gasteiger partial charge < -0.3 is 19.5 Å². The average Bonchev–Trinajstić information content (AvgIpc) is 2.52. The van der Waals surface area contributed by atoms with Crippen LogP contribution in [0.4, 0.5) is 4.79 Å². The van der Waals surface area contributed by atoms with E-state index in [9.17, 15) is 14.7 Å². The van der Waals surface area contributed by atoms with Crippen molar-refractivity contribution >= 4 is 23.8 Å². The van der Waals surface area contributed by atoms with Gasteiger partial charge >= 0.3 is 12.1 Å². The van der Waals surface area contributed by atoms with E-state index < -0.39 is 11.2 Å². The lowest BCUT2D eigenvalue weighted by Crippen LogP contribution is -2.60. The molecule has 1 saturated heterocycles. The zero-order chi connectivity index (χ0) is 17.5. The van der Waals surface area contributed by atoms with Crippen molar-refractivity contribution in [2.45, 2.75) is 56.1 Å². The summed E-state index contributed by atoms with van der Waals surface area (Å²) in [6.07, 6.45) is 4.95. The Morgan fingerprint density at radius 1 is 1.12 bits per heavy atom. The predicted molar refractivity (Wildman–Crippen MR) is 93.3 cm³/mol. The topological polar surface area (TPSA) is 76.1 Å². The van der Waals surface area contributed by atoms with Gasteiger partial charge in [-0.2, -0.15) is 11.8 Å². The molecule has 1 amide bonds. The van der Waals surface area contributed by atoms with Gasteiger partial charge in [-0.05, 0) is 43.9 Å². The van der Waals surface area contributed by atoms with E-state index in [0.717, 1.165) is 43.6 Å². The summed E-state index contributed by atoms with van der Waals surface area (Å²) in [6, 6.07) is 0. The highest BCUT2D eigenvalue weighted by Gasteiger charge is 2.59. The van der Waals surface area contributed by atoms with E-state index in [1.54, 1.807) is 4.90 Å². The summed E-state index contributed by atoms with van der Waals surface area (Å²) in [5.74, 6) is 2.52. The molecule has 0 aromatic heterocycles. The van der Waals surface area contributed by atoms with Gasteiger partial charge in [0.05, 0.1) is 12.0 Å². The lowest BCUT2D eigenvalue weighted by atomic mass is 9.52. The third kappa shape index (κ3) is 3.77. The number of carbonyl (C=O) groups is 2. The molecular formula is C18H27NO5S. The van der Waals surface area contributed by atoms with E-state index in [0.29, 0.717) is 31.3 Å². The Bertz CT molecular complexity index is 534. The average molecular weight is 369 g/mol. The van der Waals surface area contributed by atoms with Crippen LogP contribution in [0.25, 0.3) is 0 Å². The molecule has 25 heavy (non-hydrogen) atoms. The van der Waals surface area contributed by atoms with E-state index in [1.165, 1.54) is 0 Å². The van der Waals surface area contributed by atoms with Crippen LogP contribution in [0.3, 0.4) is 0 Å². The first-order chi connectivity index (χ1) is 12.0. The number of aliphatic hydroxyl groups is 1. The fourth-order valence-electron chi connectivity index (χ4n) is 5.60. The minimum absolute atomic E-state index is 0.0640. The smallest absolute Gasteiger partial charge is 0.409 e. The van der Waals surface area contributed by atoms with Crippen molar-refractivity contribution in [2.24, 2.45) is 11.8 Å². The van der Waals surface area contributed by atoms with Crippen LogP contribution >= 0.6 is 11.8 Å². The summed E-state index contributed by atoms with van der Waals surface area (Å²) in [6.45, 7) is 1.48. The van der Waals surface area contributed by atoms with E-state index in [2.05, 4.69) is 0 Å². The van der Waals surface area contributed by atoms with Crippen molar-refractivity contribution in [3.63, 3.8) is 0 Å². The molecular weight excluding hydrogens is 342 g/mol. The first kappa shape index (κ1) is 17.5. The highest BCUT2D eigenvalue weighted by molar-refractivity contribution is 7.99. The largest absolute Gasteiger partial charge is 0.459 e. The van der Waals surface area contributed by atoms with Gasteiger partial charge in [-0.3, -0.25) is 4.79 Å². The molecule has 0 radical (unpaired) electrons. The Balaban J connectivity index is 1.24. The standard InChI is InChI=1S/C18H27NO5S/c20-15(1-4-23-16(21)19-2-5-25-6-3-19)24-18-10-13-7-14(11-18)9-17(22,8-13)12-18/h13-14,22H,1-12H2. The Morgan fingerprint density at radius 2 is 1.80 bits per heavy atom. The van der Waals surface area contributed by atoms with Gasteiger partial charge in [-0.15, -0.1) is 0 Å². The lowest BCUT2D eigenvalue weighted by molar-refractivity contribution is -0.220. The van der Waals surface area contributed by atoms with Crippen molar-refractivity contribution in [3.05, 3.63) is 0 Å². The molecule has 0 aromatic carbocycles. The molecule has 6 nitrogen and oxygen atoms in total. The number of ether oxygens (including phenoxy) is 2. The number of thioether (sulfide) groups is 1. The van der Waals surface area contributed by atoms with E-state index >= 15 is 0 Å². The Morgan fingerprint density at radius 3 is 2.44 bits per heavy atom. The fourth-order valence-corrected chi connectivity index (χ4v) is 6.50. The number of hydrogen-bond donors (Lipinski definition) is 1. The first-order valence-electron chi connectivity index (χ1n) is 9.39. The number of esters is 1. The summed E-state index contributed by atoms with van der Waals surface area (Å²) in [4.78, 5) is 25.9. The summed E-state index contributed by atoms with van der Waals surface area (Å²) in [5.41, 5.74) is -1.12. The Labute approximate surface area is 152 Å². The van der Waals surface area contributed by atoms with Gasteiger partial charge in [0.2, 0.25) is 0 Å². The SMILES string of the molecule is O=C(CCOC(=O)N1CCSCC1)OC12CC3CC(CC(O)(C3)C1)C2. The van der Waals surface area contributed by atoms with E-state index in [4.69, 9.17) is 9.47 Å². The summed E-state index contributed by atoms with van der Waals surface area (Å²) in [5, 5.41) is 10.7. The Kier molecular flexibility index (Phi) is 4.65. The second-order valence-corrected chi connectivity index (χ2v) is 9.53. The van der Waals surface area contributed by atoms with Gasteiger partial charge in [-0.25, -0.2) is 4.79 Å². The number of amides is 1. The lowest BCUT2D eigenvalue weighted by Gasteiger charge is -2.59. The van der Waals surface area contributed by atoms with Crippen molar-refractivity contribution in [1.82, 2.24) is 4.90 Å². The monoisotopic (exact) mass is 369 g/mol. The second kappa shape index (κ2) is 6.65. The molecule has 4 saturated carbocycles. The zero-order valence-corrected chi connectivity index (χ0v) is 15.4.